The second-order valence-corrected chi connectivity index (χ2v) is 5.89. The van der Waals surface area contributed by atoms with Crippen LogP contribution in [0.3, 0.4) is 0 Å². The summed E-state index contributed by atoms with van der Waals surface area (Å²) >= 11 is 0. The van der Waals surface area contributed by atoms with Crippen molar-refractivity contribution in [2.45, 2.75) is 51.2 Å². The summed E-state index contributed by atoms with van der Waals surface area (Å²) in [6, 6.07) is 7.96. The highest BCUT2D eigenvalue weighted by molar-refractivity contribution is 5.25. The Morgan fingerprint density at radius 2 is 2.11 bits per heavy atom. The molecule has 2 unspecified atom stereocenters. The highest BCUT2D eigenvalue weighted by atomic mass is 16.5. The molecule has 1 aliphatic rings. The van der Waals surface area contributed by atoms with Crippen LogP contribution < -0.4 is 5.32 Å². The lowest BCUT2D eigenvalue weighted by Gasteiger charge is -2.26. The van der Waals surface area contributed by atoms with Gasteiger partial charge in [-0.3, -0.25) is 0 Å². The standard InChI is InChI=1S/C16H25NO2/c1-13(17-12-16(2)10-3-11-19-16)4-5-14-6-8-15(18)9-7-14/h6-9,13,17-18H,3-5,10-12H2,1-2H3. The molecule has 2 rings (SSSR count). The van der Waals surface area contributed by atoms with Gasteiger partial charge in [0.05, 0.1) is 5.60 Å². The van der Waals surface area contributed by atoms with Gasteiger partial charge in [0.25, 0.3) is 0 Å². The van der Waals surface area contributed by atoms with Crippen LogP contribution >= 0.6 is 0 Å². The Kier molecular flexibility index (Phi) is 4.83. The SMILES string of the molecule is CC(CCc1ccc(O)cc1)NCC1(C)CCCO1. The van der Waals surface area contributed by atoms with E-state index in [1.165, 1.54) is 12.0 Å². The number of hydrogen-bond donors (Lipinski definition) is 2. The number of aryl methyl sites for hydroxylation is 1. The van der Waals surface area contributed by atoms with Crippen molar-refractivity contribution < 1.29 is 9.84 Å². The van der Waals surface area contributed by atoms with E-state index in [9.17, 15) is 5.11 Å². The number of phenolic OH excluding ortho intramolecular Hbond substituents is 1. The maximum absolute atomic E-state index is 9.24. The van der Waals surface area contributed by atoms with Crippen molar-refractivity contribution in [1.82, 2.24) is 5.32 Å². The second kappa shape index (κ2) is 6.40. The van der Waals surface area contributed by atoms with Crippen LogP contribution in [0.4, 0.5) is 0 Å². The number of aromatic hydroxyl groups is 1. The highest BCUT2D eigenvalue weighted by Gasteiger charge is 2.29. The zero-order chi connectivity index (χ0) is 13.7. The number of rotatable bonds is 6. The summed E-state index contributed by atoms with van der Waals surface area (Å²) in [5.74, 6) is 0.334. The summed E-state index contributed by atoms with van der Waals surface area (Å²) in [4.78, 5) is 0. The normalized spacial score (nSPS) is 24.5. The molecule has 0 spiro atoms. The first-order valence-electron chi connectivity index (χ1n) is 7.23. The third kappa shape index (κ3) is 4.51. The van der Waals surface area contributed by atoms with Gasteiger partial charge >= 0.3 is 0 Å². The first kappa shape index (κ1) is 14.4. The van der Waals surface area contributed by atoms with Crippen molar-refractivity contribution in [3.8, 4) is 5.75 Å². The molecule has 0 radical (unpaired) electrons. The Hall–Kier alpha value is -1.06. The highest BCUT2D eigenvalue weighted by Crippen LogP contribution is 2.24. The molecule has 0 amide bonds. The van der Waals surface area contributed by atoms with Crippen molar-refractivity contribution in [3.05, 3.63) is 29.8 Å². The Balaban J connectivity index is 1.69. The Bertz CT molecular complexity index is 382. The minimum absolute atomic E-state index is 0.0345. The second-order valence-electron chi connectivity index (χ2n) is 5.89. The predicted octanol–water partition coefficient (Wildman–Crippen LogP) is 2.87. The predicted molar refractivity (Wildman–Crippen MR) is 77.5 cm³/mol. The number of hydrogen-bond acceptors (Lipinski definition) is 3. The van der Waals surface area contributed by atoms with Gasteiger partial charge in [0, 0.05) is 19.2 Å². The monoisotopic (exact) mass is 263 g/mol. The molecule has 0 aliphatic carbocycles. The summed E-state index contributed by atoms with van der Waals surface area (Å²) in [6.45, 7) is 6.25. The summed E-state index contributed by atoms with van der Waals surface area (Å²) in [5.41, 5.74) is 1.31. The van der Waals surface area contributed by atoms with E-state index in [0.717, 1.165) is 32.4 Å². The van der Waals surface area contributed by atoms with E-state index in [0.29, 0.717) is 11.8 Å². The van der Waals surface area contributed by atoms with Crippen molar-refractivity contribution >= 4 is 0 Å². The van der Waals surface area contributed by atoms with Crippen LogP contribution in [0, 0.1) is 0 Å². The molecule has 3 heteroatoms. The molecule has 2 atom stereocenters. The third-order valence-corrected chi connectivity index (χ3v) is 3.93. The fourth-order valence-corrected chi connectivity index (χ4v) is 2.51. The zero-order valence-electron chi connectivity index (χ0n) is 12.0. The molecule has 1 aliphatic heterocycles. The van der Waals surface area contributed by atoms with E-state index in [1.807, 2.05) is 12.1 Å². The smallest absolute Gasteiger partial charge is 0.115 e. The van der Waals surface area contributed by atoms with E-state index in [-0.39, 0.29) is 5.60 Å². The van der Waals surface area contributed by atoms with Crippen molar-refractivity contribution in [3.63, 3.8) is 0 Å². The van der Waals surface area contributed by atoms with Gasteiger partial charge in [-0.1, -0.05) is 12.1 Å². The molecule has 0 bridgehead atoms. The van der Waals surface area contributed by atoms with Gasteiger partial charge in [-0.15, -0.1) is 0 Å². The van der Waals surface area contributed by atoms with Gasteiger partial charge in [-0.2, -0.15) is 0 Å². The van der Waals surface area contributed by atoms with Gasteiger partial charge in [-0.05, 0) is 57.2 Å². The van der Waals surface area contributed by atoms with Gasteiger partial charge in [-0.25, -0.2) is 0 Å². The topological polar surface area (TPSA) is 41.5 Å². The lowest BCUT2D eigenvalue weighted by atomic mass is 10.0. The van der Waals surface area contributed by atoms with Crippen LogP contribution in [0.5, 0.6) is 5.75 Å². The average Bonchev–Trinajstić information content (AvgIpc) is 2.83. The lowest BCUT2D eigenvalue weighted by molar-refractivity contribution is 0.0190. The molecule has 0 saturated carbocycles. The minimum atomic E-state index is 0.0345. The Morgan fingerprint density at radius 1 is 1.37 bits per heavy atom. The van der Waals surface area contributed by atoms with Crippen LogP contribution in [0.2, 0.25) is 0 Å². The van der Waals surface area contributed by atoms with E-state index in [2.05, 4.69) is 19.2 Å². The average molecular weight is 263 g/mol. The Morgan fingerprint density at radius 3 is 2.74 bits per heavy atom. The molecule has 1 saturated heterocycles. The van der Waals surface area contributed by atoms with E-state index >= 15 is 0 Å². The first-order valence-corrected chi connectivity index (χ1v) is 7.23. The number of benzene rings is 1. The van der Waals surface area contributed by atoms with Crippen LogP contribution in [0.15, 0.2) is 24.3 Å². The molecule has 1 heterocycles. The summed E-state index contributed by atoms with van der Waals surface area (Å²) in [6.07, 6.45) is 4.47. The van der Waals surface area contributed by atoms with Crippen LogP contribution in [-0.4, -0.2) is 29.9 Å². The number of ether oxygens (including phenoxy) is 1. The molecular weight excluding hydrogens is 238 g/mol. The molecule has 2 N–H and O–H groups in total. The van der Waals surface area contributed by atoms with E-state index < -0.39 is 0 Å². The first-order chi connectivity index (χ1) is 9.07. The van der Waals surface area contributed by atoms with Crippen LogP contribution in [0.25, 0.3) is 0 Å². The number of nitrogens with one attached hydrogen (secondary N) is 1. The van der Waals surface area contributed by atoms with Gasteiger partial charge in [0.15, 0.2) is 0 Å². The lowest BCUT2D eigenvalue weighted by Crippen LogP contribution is -2.41. The fraction of sp³-hybridized carbons (Fsp3) is 0.625. The molecule has 1 aromatic carbocycles. The maximum atomic E-state index is 9.24. The summed E-state index contributed by atoms with van der Waals surface area (Å²) < 4.78 is 5.78. The van der Waals surface area contributed by atoms with Gasteiger partial charge in [0.1, 0.15) is 5.75 Å². The maximum Gasteiger partial charge on any atom is 0.115 e. The van der Waals surface area contributed by atoms with Crippen LogP contribution in [0.1, 0.15) is 38.7 Å². The molecule has 3 nitrogen and oxygen atoms in total. The number of phenols is 1. The van der Waals surface area contributed by atoms with Gasteiger partial charge in [0.2, 0.25) is 0 Å². The molecule has 106 valence electrons. The minimum Gasteiger partial charge on any atom is -0.508 e. The molecule has 19 heavy (non-hydrogen) atoms. The quantitative estimate of drug-likeness (QED) is 0.829. The molecular formula is C16H25NO2. The largest absolute Gasteiger partial charge is 0.508 e. The zero-order valence-corrected chi connectivity index (χ0v) is 12.0. The summed E-state index contributed by atoms with van der Waals surface area (Å²) in [7, 11) is 0. The fourth-order valence-electron chi connectivity index (χ4n) is 2.51. The molecule has 1 fully saturated rings. The van der Waals surface area contributed by atoms with Gasteiger partial charge < -0.3 is 15.2 Å². The van der Waals surface area contributed by atoms with Crippen molar-refractivity contribution in [1.29, 1.82) is 0 Å². The van der Waals surface area contributed by atoms with Crippen molar-refractivity contribution in [2.75, 3.05) is 13.2 Å². The van der Waals surface area contributed by atoms with E-state index in [1.54, 1.807) is 12.1 Å². The Labute approximate surface area is 116 Å². The third-order valence-electron chi connectivity index (χ3n) is 3.93. The summed E-state index contributed by atoms with van der Waals surface area (Å²) in [5, 5.41) is 12.8. The molecule has 1 aromatic rings. The van der Waals surface area contributed by atoms with Crippen LogP contribution in [-0.2, 0) is 11.2 Å². The van der Waals surface area contributed by atoms with E-state index in [4.69, 9.17) is 4.74 Å². The van der Waals surface area contributed by atoms with Crippen molar-refractivity contribution in [2.24, 2.45) is 0 Å². The molecule has 0 aromatic heterocycles.